The van der Waals surface area contributed by atoms with Gasteiger partial charge < -0.3 is 14.5 Å². The van der Waals surface area contributed by atoms with E-state index in [-0.39, 0.29) is 5.56 Å². The summed E-state index contributed by atoms with van der Waals surface area (Å²) in [6, 6.07) is 6.43. The van der Waals surface area contributed by atoms with Gasteiger partial charge in [-0.15, -0.1) is 0 Å². The Labute approximate surface area is 132 Å². The van der Waals surface area contributed by atoms with E-state index in [1.807, 2.05) is 0 Å². The zero-order valence-corrected chi connectivity index (χ0v) is 12.7. The SMILES string of the molecule is O=C(NCC1CCOCC1)c1cc2cc(Cl)ccc2oc1=O. The van der Waals surface area contributed by atoms with E-state index in [9.17, 15) is 9.59 Å². The minimum absolute atomic E-state index is 0.00169. The number of ether oxygens (including phenoxy) is 1. The zero-order chi connectivity index (χ0) is 15.5. The molecule has 1 aliphatic rings. The van der Waals surface area contributed by atoms with E-state index in [0.717, 1.165) is 26.1 Å². The van der Waals surface area contributed by atoms with E-state index in [0.29, 0.717) is 28.5 Å². The molecule has 1 fully saturated rings. The number of hydrogen-bond donors (Lipinski definition) is 1. The molecule has 0 bridgehead atoms. The van der Waals surface area contributed by atoms with Crippen molar-refractivity contribution < 1.29 is 13.9 Å². The maximum atomic E-state index is 12.2. The van der Waals surface area contributed by atoms with Crippen LogP contribution in [0.5, 0.6) is 0 Å². The third-order valence-corrected chi connectivity index (χ3v) is 4.07. The fourth-order valence-electron chi connectivity index (χ4n) is 2.54. The number of carbonyl (C=O) groups excluding carboxylic acids is 1. The van der Waals surface area contributed by atoms with Crippen LogP contribution >= 0.6 is 11.6 Å². The van der Waals surface area contributed by atoms with Gasteiger partial charge in [-0.1, -0.05) is 11.6 Å². The number of carbonyl (C=O) groups is 1. The van der Waals surface area contributed by atoms with Crippen LogP contribution < -0.4 is 10.9 Å². The van der Waals surface area contributed by atoms with Crippen LogP contribution in [-0.4, -0.2) is 25.7 Å². The van der Waals surface area contributed by atoms with Crippen molar-refractivity contribution in [1.29, 1.82) is 0 Å². The van der Waals surface area contributed by atoms with E-state index in [1.54, 1.807) is 18.2 Å². The van der Waals surface area contributed by atoms with Crippen LogP contribution in [0.4, 0.5) is 0 Å². The highest BCUT2D eigenvalue weighted by Gasteiger charge is 2.18. The third kappa shape index (κ3) is 3.31. The normalized spacial score (nSPS) is 15.9. The minimum atomic E-state index is -0.640. The summed E-state index contributed by atoms with van der Waals surface area (Å²) in [5, 5.41) is 3.95. The summed E-state index contributed by atoms with van der Waals surface area (Å²) in [6.45, 7) is 1.98. The Morgan fingerprint density at radius 2 is 2.05 bits per heavy atom. The molecule has 0 atom stereocenters. The van der Waals surface area contributed by atoms with Crippen molar-refractivity contribution in [2.75, 3.05) is 19.8 Å². The van der Waals surface area contributed by atoms with Gasteiger partial charge >= 0.3 is 5.63 Å². The van der Waals surface area contributed by atoms with Crippen LogP contribution in [0, 0.1) is 5.92 Å². The van der Waals surface area contributed by atoms with Gasteiger partial charge in [0.05, 0.1) is 0 Å². The van der Waals surface area contributed by atoms with Crippen molar-refractivity contribution in [3.63, 3.8) is 0 Å². The van der Waals surface area contributed by atoms with Crippen LogP contribution in [0.25, 0.3) is 11.0 Å². The van der Waals surface area contributed by atoms with Crippen molar-refractivity contribution in [1.82, 2.24) is 5.32 Å². The second kappa shape index (κ2) is 6.50. The molecule has 3 rings (SSSR count). The lowest BCUT2D eigenvalue weighted by Crippen LogP contribution is -2.34. The molecule has 1 aliphatic heterocycles. The van der Waals surface area contributed by atoms with Crippen LogP contribution in [-0.2, 0) is 4.74 Å². The molecule has 1 aromatic heterocycles. The molecule has 116 valence electrons. The number of fused-ring (bicyclic) bond motifs is 1. The van der Waals surface area contributed by atoms with Gasteiger partial charge in [-0.25, -0.2) is 4.79 Å². The van der Waals surface area contributed by atoms with E-state index in [4.69, 9.17) is 20.8 Å². The lowest BCUT2D eigenvalue weighted by molar-refractivity contribution is 0.0642. The summed E-state index contributed by atoms with van der Waals surface area (Å²) in [5.41, 5.74) is -0.225. The maximum Gasteiger partial charge on any atom is 0.349 e. The Kier molecular flexibility index (Phi) is 4.45. The second-order valence-electron chi connectivity index (χ2n) is 5.40. The predicted molar refractivity (Wildman–Crippen MR) is 83.4 cm³/mol. The van der Waals surface area contributed by atoms with Gasteiger partial charge in [-0.05, 0) is 43.0 Å². The zero-order valence-electron chi connectivity index (χ0n) is 11.9. The average molecular weight is 322 g/mol. The van der Waals surface area contributed by atoms with Crippen molar-refractivity contribution in [3.8, 4) is 0 Å². The Morgan fingerprint density at radius 1 is 1.27 bits per heavy atom. The van der Waals surface area contributed by atoms with E-state index >= 15 is 0 Å². The Hall–Kier alpha value is -1.85. The molecule has 1 N–H and O–H groups in total. The lowest BCUT2D eigenvalue weighted by Gasteiger charge is -2.22. The van der Waals surface area contributed by atoms with Crippen LogP contribution in [0.1, 0.15) is 23.2 Å². The first kappa shape index (κ1) is 15.1. The van der Waals surface area contributed by atoms with Gasteiger partial charge in [0.2, 0.25) is 0 Å². The molecule has 0 radical (unpaired) electrons. The number of nitrogens with one attached hydrogen (secondary N) is 1. The number of amides is 1. The molecule has 0 aliphatic carbocycles. The topological polar surface area (TPSA) is 68.5 Å². The summed E-state index contributed by atoms with van der Waals surface area (Å²) < 4.78 is 10.4. The number of hydrogen-bond acceptors (Lipinski definition) is 4. The summed E-state index contributed by atoms with van der Waals surface area (Å²) in [5.74, 6) is -0.0261. The summed E-state index contributed by atoms with van der Waals surface area (Å²) in [7, 11) is 0. The van der Waals surface area contributed by atoms with E-state index in [1.165, 1.54) is 6.07 Å². The second-order valence-corrected chi connectivity index (χ2v) is 5.83. The van der Waals surface area contributed by atoms with Gasteiger partial charge in [0.15, 0.2) is 0 Å². The molecule has 2 heterocycles. The van der Waals surface area contributed by atoms with Crippen LogP contribution in [0.3, 0.4) is 0 Å². The fourth-order valence-corrected chi connectivity index (χ4v) is 2.72. The average Bonchev–Trinajstić information content (AvgIpc) is 2.53. The molecule has 1 amide bonds. The number of benzene rings is 1. The van der Waals surface area contributed by atoms with Gasteiger partial charge in [0.25, 0.3) is 5.91 Å². The van der Waals surface area contributed by atoms with Gasteiger partial charge in [0, 0.05) is 30.2 Å². The molecule has 2 aromatic rings. The van der Waals surface area contributed by atoms with Crippen molar-refractivity contribution in [2.24, 2.45) is 5.92 Å². The Balaban J connectivity index is 1.77. The maximum absolute atomic E-state index is 12.2. The number of rotatable bonds is 3. The van der Waals surface area contributed by atoms with Crippen LogP contribution in [0.15, 0.2) is 33.5 Å². The Morgan fingerprint density at radius 3 is 2.82 bits per heavy atom. The number of halogens is 1. The molecule has 5 nitrogen and oxygen atoms in total. The molecular weight excluding hydrogens is 306 g/mol. The molecule has 0 saturated carbocycles. The highest BCUT2D eigenvalue weighted by molar-refractivity contribution is 6.31. The minimum Gasteiger partial charge on any atom is -0.422 e. The van der Waals surface area contributed by atoms with Crippen molar-refractivity contribution in [3.05, 3.63) is 45.3 Å². The summed E-state index contributed by atoms with van der Waals surface area (Å²) in [4.78, 5) is 24.1. The first-order chi connectivity index (χ1) is 10.6. The van der Waals surface area contributed by atoms with Crippen molar-refractivity contribution >= 4 is 28.5 Å². The summed E-state index contributed by atoms with van der Waals surface area (Å²) >= 11 is 5.92. The van der Waals surface area contributed by atoms with Gasteiger partial charge in [-0.2, -0.15) is 0 Å². The highest BCUT2D eigenvalue weighted by Crippen LogP contribution is 2.19. The first-order valence-corrected chi connectivity index (χ1v) is 7.60. The molecular formula is C16H16ClNO4. The molecule has 1 saturated heterocycles. The highest BCUT2D eigenvalue weighted by atomic mass is 35.5. The molecule has 6 heteroatoms. The van der Waals surface area contributed by atoms with Crippen LogP contribution in [0.2, 0.25) is 5.02 Å². The summed E-state index contributed by atoms with van der Waals surface area (Å²) in [6.07, 6.45) is 1.84. The van der Waals surface area contributed by atoms with Gasteiger partial charge in [-0.3, -0.25) is 4.79 Å². The largest absolute Gasteiger partial charge is 0.422 e. The van der Waals surface area contributed by atoms with Crippen molar-refractivity contribution in [2.45, 2.75) is 12.8 Å². The van der Waals surface area contributed by atoms with E-state index in [2.05, 4.69) is 5.32 Å². The monoisotopic (exact) mass is 321 g/mol. The quantitative estimate of drug-likeness (QED) is 0.882. The Bertz CT molecular complexity index is 749. The molecule has 0 unspecified atom stereocenters. The fraction of sp³-hybridized carbons (Fsp3) is 0.375. The smallest absolute Gasteiger partial charge is 0.349 e. The molecule has 0 spiro atoms. The van der Waals surface area contributed by atoms with E-state index < -0.39 is 11.5 Å². The lowest BCUT2D eigenvalue weighted by atomic mass is 10.0. The molecule has 22 heavy (non-hydrogen) atoms. The molecule has 1 aromatic carbocycles. The first-order valence-electron chi connectivity index (χ1n) is 7.23. The van der Waals surface area contributed by atoms with Gasteiger partial charge in [0.1, 0.15) is 11.1 Å². The predicted octanol–water partition coefficient (Wildman–Crippen LogP) is 2.60. The standard InChI is InChI=1S/C16H16ClNO4/c17-12-1-2-14-11(7-12)8-13(16(20)22-14)15(19)18-9-10-3-5-21-6-4-10/h1-2,7-8,10H,3-6,9H2,(H,18,19). The third-order valence-electron chi connectivity index (χ3n) is 3.83.